The van der Waals surface area contributed by atoms with E-state index in [4.69, 9.17) is 18.9 Å². The molecule has 68 heavy (non-hydrogen) atoms. The van der Waals surface area contributed by atoms with Crippen LogP contribution in [0.1, 0.15) is 219 Å². The van der Waals surface area contributed by atoms with Gasteiger partial charge in [0.25, 0.3) is 0 Å². The van der Waals surface area contributed by atoms with Gasteiger partial charge in [0.05, 0.1) is 32.0 Å². The molecule has 0 spiro atoms. The normalized spacial score (nSPS) is 27.2. The average Bonchev–Trinajstić information content (AvgIpc) is 3.34. The van der Waals surface area contributed by atoms with E-state index in [1.54, 1.807) is 0 Å². The van der Waals surface area contributed by atoms with Crippen LogP contribution in [0.4, 0.5) is 0 Å². The molecule has 0 aromatic rings. The van der Waals surface area contributed by atoms with Crippen molar-refractivity contribution in [2.75, 3.05) is 19.8 Å². The predicted molar refractivity (Wildman–Crippen MR) is 261 cm³/mol. The standard InChI is InChI=1S/C52H101NO15/c1-3-5-7-9-11-13-15-17-19-20-22-24-26-28-30-32-34-40(57)50(64)53-38(43(58)39(56)33-31-29-27-25-23-21-18-16-14-12-10-8-6-4-2)37-65-52-49(47(62)45(60)42(36-55)67-52)68-51-48(63)46(61)44(59)41(35-54)66-51/h38-49,51-52,54-63H,3-37H2,1-2H3,(H,53,64). The van der Waals surface area contributed by atoms with Crippen LogP contribution in [0.5, 0.6) is 0 Å². The van der Waals surface area contributed by atoms with Crippen LogP contribution < -0.4 is 5.32 Å². The smallest absolute Gasteiger partial charge is 0.249 e. The molecule has 16 nitrogen and oxygen atoms in total. The maximum atomic E-state index is 13.4. The van der Waals surface area contributed by atoms with Crippen LogP contribution in [0, 0.1) is 0 Å². The highest BCUT2D eigenvalue weighted by Crippen LogP contribution is 2.30. The minimum Gasteiger partial charge on any atom is -0.394 e. The second-order valence-electron chi connectivity index (χ2n) is 20.0. The summed E-state index contributed by atoms with van der Waals surface area (Å²) < 4.78 is 22.9. The van der Waals surface area contributed by atoms with Gasteiger partial charge in [-0.1, -0.05) is 206 Å². The highest BCUT2D eigenvalue weighted by Gasteiger charge is 2.51. The fraction of sp³-hybridized carbons (Fsp3) is 0.981. The summed E-state index contributed by atoms with van der Waals surface area (Å²) in [6.45, 7) is 2.41. The number of unbranched alkanes of at least 4 members (excludes halogenated alkanes) is 28. The lowest BCUT2D eigenvalue weighted by Crippen LogP contribution is -2.65. The summed E-state index contributed by atoms with van der Waals surface area (Å²) in [5.74, 6) is -0.773. The predicted octanol–water partition coefficient (Wildman–Crippen LogP) is 5.72. The molecule has 0 radical (unpaired) electrons. The highest BCUT2D eigenvalue weighted by atomic mass is 16.8. The van der Waals surface area contributed by atoms with Gasteiger partial charge in [0, 0.05) is 0 Å². The van der Waals surface area contributed by atoms with Crippen molar-refractivity contribution in [2.24, 2.45) is 0 Å². The topological polar surface area (TPSA) is 268 Å². The molecule has 2 aliphatic rings. The number of aliphatic hydroxyl groups excluding tert-OH is 10. The van der Waals surface area contributed by atoms with E-state index in [1.807, 2.05) is 0 Å². The maximum absolute atomic E-state index is 13.4. The van der Waals surface area contributed by atoms with E-state index in [-0.39, 0.29) is 12.8 Å². The fourth-order valence-electron chi connectivity index (χ4n) is 9.38. The molecule has 0 aromatic heterocycles. The zero-order chi connectivity index (χ0) is 49.9. The molecule has 11 N–H and O–H groups in total. The van der Waals surface area contributed by atoms with Gasteiger partial charge >= 0.3 is 0 Å². The van der Waals surface area contributed by atoms with Gasteiger partial charge in [0.1, 0.15) is 61.0 Å². The van der Waals surface area contributed by atoms with Crippen LogP contribution in [-0.4, -0.2) is 163 Å². The van der Waals surface area contributed by atoms with Crippen LogP contribution in [0.25, 0.3) is 0 Å². The molecule has 14 atom stereocenters. The van der Waals surface area contributed by atoms with Gasteiger partial charge in [0.15, 0.2) is 12.6 Å². The van der Waals surface area contributed by atoms with Crippen LogP contribution in [0.3, 0.4) is 0 Å². The van der Waals surface area contributed by atoms with Gasteiger partial charge in [0.2, 0.25) is 5.91 Å². The Hall–Kier alpha value is -1.09. The van der Waals surface area contributed by atoms with Crippen molar-refractivity contribution < 1.29 is 74.8 Å². The summed E-state index contributed by atoms with van der Waals surface area (Å²) in [7, 11) is 0. The number of nitrogens with one attached hydrogen (secondary N) is 1. The Morgan fingerprint density at radius 3 is 1.26 bits per heavy atom. The molecule has 2 rings (SSSR count). The molecule has 2 heterocycles. The molecule has 2 saturated heterocycles. The van der Waals surface area contributed by atoms with E-state index in [9.17, 15) is 55.9 Å². The summed E-state index contributed by atoms with van der Waals surface area (Å²) in [6.07, 6.45) is 14.9. The molecular formula is C52H101NO15. The molecule has 16 heteroatoms. The molecule has 404 valence electrons. The summed E-state index contributed by atoms with van der Waals surface area (Å²) in [6, 6.07) is -1.31. The van der Waals surface area contributed by atoms with E-state index in [2.05, 4.69) is 19.2 Å². The molecule has 14 unspecified atom stereocenters. The molecular weight excluding hydrogens is 879 g/mol. The number of amides is 1. The van der Waals surface area contributed by atoms with E-state index >= 15 is 0 Å². The summed E-state index contributed by atoms with van der Waals surface area (Å²) in [5, 5.41) is 109. The van der Waals surface area contributed by atoms with Gasteiger partial charge in [-0.05, 0) is 12.8 Å². The molecule has 2 fully saturated rings. The molecule has 0 bridgehead atoms. The van der Waals surface area contributed by atoms with E-state index in [0.717, 1.165) is 51.4 Å². The van der Waals surface area contributed by atoms with Gasteiger partial charge in [-0.25, -0.2) is 0 Å². The summed E-state index contributed by atoms with van der Waals surface area (Å²) >= 11 is 0. The number of rotatable bonds is 43. The first-order valence-corrected chi connectivity index (χ1v) is 27.5. The number of ether oxygens (including phenoxy) is 4. The average molecular weight is 980 g/mol. The van der Waals surface area contributed by atoms with Crippen molar-refractivity contribution in [1.29, 1.82) is 0 Å². The SMILES string of the molecule is CCCCCCCCCCCCCCCCCCC(O)C(=O)NC(COC1OC(CO)C(O)C(O)C1OC1OC(CO)C(O)C(O)C1O)C(O)C(O)CCCCCCCCCCCCCCCC. The quantitative estimate of drug-likeness (QED) is 0.0327. The zero-order valence-electron chi connectivity index (χ0n) is 42.3. The molecule has 0 aromatic carbocycles. The van der Waals surface area contributed by atoms with Gasteiger partial charge in [-0.15, -0.1) is 0 Å². The van der Waals surface area contributed by atoms with Crippen LogP contribution in [0.2, 0.25) is 0 Å². The number of hydrogen-bond acceptors (Lipinski definition) is 15. The number of carbonyl (C=O) groups excluding carboxylic acids is 1. The lowest BCUT2D eigenvalue weighted by Gasteiger charge is -2.46. The van der Waals surface area contributed by atoms with Crippen molar-refractivity contribution in [1.82, 2.24) is 5.32 Å². The number of carbonyl (C=O) groups is 1. The second-order valence-corrected chi connectivity index (χ2v) is 20.0. The van der Waals surface area contributed by atoms with Crippen molar-refractivity contribution >= 4 is 5.91 Å². The first kappa shape index (κ1) is 63.0. The van der Waals surface area contributed by atoms with Crippen molar-refractivity contribution in [3.63, 3.8) is 0 Å². The molecule has 1 amide bonds. The van der Waals surface area contributed by atoms with E-state index < -0.39 is 111 Å². The Balaban J connectivity index is 1.94. The van der Waals surface area contributed by atoms with Gasteiger partial charge in [-0.3, -0.25) is 4.79 Å². The van der Waals surface area contributed by atoms with E-state index in [0.29, 0.717) is 12.8 Å². The third-order valence-corrected chi connectivity index (χ3v) is 14.0. The minimum absolute atomic E-state index is 0.193. The summed E-state index contributed by atoms with van der Waals surface area (Å²) in [5.41, 5.74) is 0. The lowest BCUT2D eigenvalue weighted by atomic mass is 9.97. The first-order valence-electron chi connectivity index (χ1n) is 27.5. The monoisotopic (exact) mass is 980 g/mol. The lowest BCUT2D eigenvalue weighted by molar-refractivity contribution is -0.368. The number of hydrogen-bond donors (Lipinski definition) is 11. The molecule has 2 aliphatic heterocycles. The van der Waals surface area contributed by atoms with Crippen LogP contribution in [-0.2, 0) is 23.7 Å². The minimum atomic E-state index is -1.87. The third-order valence-electron chi connectivity index (χ3n) is 14.0. The Kier molecular flexibility index (Phi) is 36.6. The molecule has 0 saturated carbocycles. The van der Waals surface area contributed by atoms with E-state index in [1.165, 1.54) is 128 Å². The van der Waals surface area contributed by atoms with Gasteiger partial charge in [-0.2, -0.15) is 0 Å². The van der Waals surface area contributed by atoms with Crippen molar-refractivity contribution in [2.45, 2.75) is 305 Å². The second kappa shape index (κ2) is 39.4. The highest BCUT2D eigenvalue weighted by molar-refractivity contribution is 5.80. The fourth-order valence-corrected chi connectivity index (χ4v) is 9.38. The number of aliphatic hydroxyl groups is 10. The van der Waals surface area contributed by atoms with Crippen LogP contribution >= 0.6 is 0 Å². The first-order chi connectivity index (χ1) is 32.9. The Bertz CT molecular complexity index is 1190. The van der Waals surface area contributed by atoms with Crippen molar-refractivity contribution in [3.05, 3.63) is 0 Å². The third kappa shape index (κ3) is 25.5. The Labute approximate surface area is 409 Å². The molecule has 0 aliphatic carbocycles. The summed E-state index contributed by atoms with van der Waals surface area (Å²) in [4.78, 5) is 13.4. The largest absolute Gasteiger partial charge is 0.394 e. The van der Waals surface area contributed by atoms with Crippen LogP contribution in [0.15, 0.2) is 0 Å². The maximum Gasteiger partial charge on any atom is 0.249 e. The Morgan fingerprint density at radius 2 is 0.853 bits per heavy atom. The zero-order valence-corrected chi connectivity index (χ0v) is 42.3. The van der Waals surface area contributed by atoms with Crippen molar-refractivity contribution in [3.8, 4) is 0 Å². The van der Waals surface area contributed by atoms with Gasteiger partial charge < -0.3 is 75.3 Å². The Morgan fingerprint density at radius 1 is 0.485 bits per heavy atom.